The van der Waals surface area contributed by atoms with E-state index in [1.807, 2.05) is 0 Å². The third-order valence-corrected chi connectivity index (χ3v) is 3.07. The maximum absolute atomic E-state index is 11.7. The van der Waals surface area contributed by atoms with E-state index in [1.165, 1.54) is 10.9 Å². The first-order chi connectivity index (χ1) is 13.2. The van der Waals surface area contributed by atoms with Crippen molar-refractivity contribution in [3.05, 3.63) is 16.7 Å². The number of hydrogen-bond acceptors (Lipinski definition) is 10. The van der Waals surface area contributed by atoms with Crippen LogP contribution in [0.5, 0.6) is 0 Å². The van der Waals surface area contributed by atoms with Crippen LogP contribution in [0, 0.1) is 0 Å². The number of nitrogens with two attached hydrogens (primary N) is 1. The van der Waals surface area contributed by atoms with Gasteiger partial charge in [-0.2, -0.15) is 4.98 Å². The number of H-pyrrole nitrogens is 1. The highest BCUT2D eigenvalue weighted by atomic mass is 16.6. The SMILES string of the molecule is CC(C)(C)OC(=O)COCC(=O)OCCOCn1cnc2c(=O)[nH]c(N)nc21. The van der Waals surface area contributed by atoms with Crippen LogP contribution in [0.25, 0.3) is 11.2 Å². The van der Waals surface area contributed by atoms with Gasteiger partial charge in [-0.3, -0.25) is 14.3 Å². The number of carbonyl (C=O) groups is 2. The summed E-state index contributed by atoms with van der Waals surface area (Å²) in [4.78, 5) is 44.9. The summed E-state index contributed by atoms with van der Waals surface area (Å²) in [5.74, 6) is -1.23. The van der Waals surface area contributed by atoms with Crippen LogP contribution in [0.4, 0.5) is 5.95 Å². The molecule has 0 atom stereocenters. The number of rotatable bonds is 9. The molecule has 0 saturated heterocycles. The molecule has 154 valence electrons. The van der Waals surface area contributed by atoms with Crippen molar-refractivity contribution < 1.29 is 28.5 Å². The Balaban J connectivity index is 1.64. The maximum Gasteiger partial charge on any atom is 0.332 e. The number of carbonyl (C=O) groups excluding carboxylic acids is 2. The van der Waals surface area contributed by atoms with Gasteiger partial charge < -0.3 is 24.7 Å². The number of fused-ring (bicyclic) bond motifs is 1. The quantitative estimate of drug-likeness (QED) is 0.420. The fourth-order valence-corrected chi connectivity index (χ4v) is 2.07. The Morgan fingerprint density at radius 1 is 1.18 bits per heavy atom. The van der Waals surface area contributed by atoms with Crippen LogP contribution >= 0.6 is 0 Å². The van der Waals surface area contributed by atoms with Crippen LogP contribution < -0.4 is 11.3 Å². The standard InChI is InChI=1S/C16H23N5O7/c1-16(2,3)28-11(23)7-26-6-10(22)27-5-4-25-9-21-8-18-12-13(21)19-15(17)20-14(12)24/h8H,4-7,9H2,1-3H3,(H3,17,19,20,24). The molecule has 0 aliphatic carbocycles. The summed E-state index contributed by atoms with van der Waals surface area (Å²) in [6.07, 6.45) is 1.39. The molecule has 0 radical (unpaired) electrons. The molecular weight excluding hydrogens is 374 g/mol. The molecule has 2 aromatic rings. The zero-order valence-corrected chi connectivity index (χ0v) is 15.9. The lowest BCUT2D eigenvalue weighted by Crippen LogP contribution is -2.27. The number of nitrogens with one attached hydrogen (secondary N) is 1. The lowest BCUT2D eigenvalue weighted by molar-refractivity contribution is -0.163. The van der Waals surface area contributed by atoms with Gasteiger partial charge in [0, 0.05) is 0 Å². The first-order valence-corrected chi connectivity index (χ1v) is 8.39. The van der Waals surface area contributed by atoms with E-state index in [4.69, 9.17) is 24.7 Å². The van der Waals surface area contributed by atoms with Crippen molar-refractivity contribution in [2.75, 3.05) is 32.2 Å². The van der Waals surface area contributed by atoms with Crippen LogP contribution in [0.1, 0.15) is 20.8 Å². The molecular formula is C16H23N5O7. The van der Waals surface area contributed by atoms with Crippen LogP contribution in [-0.4, -0.2) is 63.5 Å². The molecule has 12 heteroatoms. The third kappa shape index (κ3) is 6.63. The summed E-state index contributed by atoms with van der Waals surface area (Å²) in [5, 5.41) is 0. The number of hydrogen-bond donors (Lipinski definition) is 2. The predicted octanol–water partition coefficient (Wildman–Crippen LogP) is -0.423. The van der Waals surface area contributed by atoms with Gasteiger partial charge in [0.25, 0.3) is 5.56 Å². The van der Waals surface area contributed by atoms with Crippen molar-refractivity contribution >= 4 is 29.1 Å². The second-order valence-electron chi connectivity index (χ2n) is 6.67. The molecule has 0 aliphatic rings. The Morgan fingerprint density at radius 2 is 1.89 bits per heavy atom. The van der Waals surface area contributed by atoms with Crippen LogP contribution in [0.15, 0.2) is 11.1 Å². The molecule has 2 aromatic heterocycles. The van der Waals surface area contributed by atoms with E-state index in [9.17, 15) is 14.4 Å². The minimum absolute atomic E-state index is 0.0165. The lowest BCUT2D eigenvalue weighted by atomic mass is 10.2. The summed E-state index contributed by atoms with van der Waals surface area (Å²) < 4.78 is 21.7. The molecule has 0 spiro atoms. The highest BCUT2D eigenvalue weighted by Gasteiger charge is 2.16. The fourth-order valence-electron chi connectivity index (χ4n) is 2.07. The minimum Gasteiger partial charge on any atom is -0.462 e. The van der Waals surface area contributed by atoms with E-state index in [0.717, 1.165) is 0 Å². The van der Waals surface area contributed by atoms with Gasteiger partial charge in [0.1, 0.15) is 32.2 Å². The third-order valence-electron chi connectivity index (χ3n) is 3.07. The Bertz CT molecular complexity index is 884. The van der Waals surface area contributed by atoms with Crippen LogP contribution in [-0.2, 0) is 35.3 Å². The Hall–Kier alpha value is -2.99. The lowest BCUT2D eigenvalue weighted by Gasteiger charge is -2.19. The molecule has 28 heavy (non-hydrogen) atoms. The maximum atomic E-state index is 11.7. The van der Waals surface area contributed by atoms with Crippen LogP contribution in [0.3, 0.4) is 0 Å². The Kier molecular flexibility index (Phi) is 7.06. The molecule has 12 nitrogen and oxygen atoms in total. The number of imidazole rings is 1. The smallest absolute Gasteiger partial charge is 0.332 e. The number of anilines is 1. The molecule has 2 heterocycles. The average molecular weight is 397 g/mol. The monoisotopic (exact) mass is 397 g/mol. The number of ether oxygens (including phenoxy) is 4. The van der Waals surface area contributed by atoms with Crippen molar-refractivity contribution in [1.29, 1.82) is 0 Å². The number of esters is 2. The Labute approximate surface area is 159 Å². The molecule has 0 aromatic carbocycles. The van der Waals surface area contributed by atoms with Crippen molar-refractivity contribution in [3.8, 4) is 0 Å². The molecule has 3 N–H and O–H groups in total. The van der Waals surface area contributed by atoms with Gasteiger partial charge in [-0.05, 0) is 20.8 Å². The van der Waals surface area contributed by atoms with Gasteiger partial charge in [0.05, 0.1) is 12.9 Å². The normalized spacial score (nSPS) is 11.5. The topological polar surface area (TPSA) is 161 Å². The zero-order chi connectivity index (χ0) is 20.7. The van der Waals surface area contributed by atoms with Crippen molar-refractivity contribution in [2.45, 2.75) is 33.1 Å². The number of nitrogen functional groups attached to an aromatic ring is 1. The molecule has 0 fully saturated rings. The second kappa shape index (κ2) is 9.28. The predicted molar refractivity (Wildman–Crippen MR) is 96.1 cm³/mol. The average Bonchev–Trinajstić information content (AvgIpc) is 2.96. The number of aromatic nitrogens is 4. The fraction of sp³-hybridized carbons (Fsp3) is 0.562. The molecule has 2 rings (SSSR count). The van der Waals surface area contributed by atoms with Gasteiger partial charge >= 0.3 is 11.9 Å². The summed E-state index contributed by atoms with van der Waals surface area (Å²) in [6.45, 7) is 4.59. The summed E-state index contributed by atoms with van der Waals surface area (Å²) >= 11 is 0. The first kappa shape index (κ1) is 21.3. The van der Waals surface area contributed by atoms with Gasteiger partial charge in [-0.25, -0.2) is 14.6 Å². The van der Waals surface area contributed by atoms with Crippen molar-refractivity contribution in [2.24, 2.45) is 0 Å². The number of nitrogens with zero attached hydrogens (tertiary/aromatic N) is 3. The summed E-state index contributed by atoms with van der Waals surface area (Å²) in [7, 11) is 0. The van der Waals surface area contributed by atoms with Gasteiger partial charge in [0.15, 0.2) is 11.2 Å². The summed E-state index contributed by atoms with van der Waals surface area (Å²) in [6, 6.07) is 0. The number of aromatic amines is 1. The molecule has 0 bridgehead atoms. The van der Waals surface area contributed by atoms with Gasteiger partial charge in [0.2, 0.25) is 5.95 Å². The highest BCUT2D eigenvalue weighted by molar-refractivity contribution is 5.73. The molecule has 0 saturated carbocycles. The van der Waals surface area contributed by atoms with Gasteiger partial charge in [-0.15, -0.1) is 0 Å². The minimum atomic E-state index is -0.638. The van der Waals surface area contributed by atoms with Crippen molar-refractivity contribution in [3.63, 3.8) is 0 Å². The van der Waals surface area contributed by atoms with Gasteiger partial charge in [-0.1, -0.05) is 0 Å². The molecule has 0 amide bonds. The van der Waals surface area contributed by atoms with E-state index in [1.54, 1.807) is 20.8 Å². The molecule has 0 aliphatic heterocycles. The van der Waals surface area contributed by atoms with E-state index < -0.39 is 23.1 Å². The van der Waals surface area contributed by atoms with E-state index >= 15 is 0 Å². The largest absolute Gasteiger partial charge is 0.462 e. The van der Waals surface area contributed by atoms with Crippen molar-refractivity contribution in [1.82, 2.24) is 19.5 Å². The van der Waals surface area contributed by atoms with E-state index in [0.29, 0.717) is 0 Å². The van der Waals surface area contributed by atoms with Crippen LogP contribution in [0.2, 0.25) is 0 Å². The first-order valence-electron chi connectivity index (χ1n) is 8.39. The second-order valence-corrected chi connectivity index (χ2v) is 6.67. The molecule has 0 unspecified atom stereocenters. The zero-order valence-electron chi connectivity index (χ0n) is 15.9. The summed E-state index contributed by atoms with van der Waals surface area (Å²) in [5.41, 5.74) is 4.87. The van der Waals surface area contributed by atoms with E-state index in [2.05, 4.69) is 15.0 Å². The van der Waals surface area contributed by atoms with E-state index in [-0.39, 0.29) is 50.3 Å². The Morgan fingerprint density at radius 3 is 2.61 bits per heavy atom. The highest BCUT2D eigenvalue weighted by Crippen LogP contribution is 2.07.